The largest absolute Gasteiger partial charge is 0.494 e. The van der Waals surface area contributed by atoms with Gasteiger partial charge in [-0.25, -0.2) is 0 Å². The van der Waals surface area contributed by atoms with Crippen LogP contribution in [-0.4, -0.2) is 40.5 Å². The van der Waals surface area contributed by atoms with Crippen LogP contribution in [0.4, 0.5) is 0 Å². The molecule has 27 heavy (non-hydrogen) atoms. The molecule has 2 amide bonds. The number of rotatable bonds is 9. The van der Waals surface area contributed by atoms with Crippen LogP contribution in [0.3, 0.4) is 0 Å². The molecule has 150 valence electrons. The molecule has 1 fully saturated rings. The highest BCUT2D eigenvalue weighted by Crippen LogP contribution is 2.22. The SMILES string of the molecule is CCOc1ccc(CCC(=O)N2CCC(CC(=O)N[C@H](I)CC)CC2)cc1. The molecule has 5 nitrogen and oxygen atoms in total. The predicted molar refractivity (Wildman–Crippen MR) is 116 cm³/mol. The molecule has 1 heterocycles. The third-order valence-electron chi connectivity index (χ3n) is 4.98. The summed E-state index contributed by atoms with van der Waals surface area (Å²) in [7, 11) is 0. The minimum atomic E-state index is 0.136. The summed E-state index contributed by atoms with van der Waals surface area (Å²) in [5, 5.41) is 3.02. The Hall–Kier alpha value is -1.31. The van der Waals surface area contributed by atoms with Crippen LogP contribution >= 0.6 is 22.6 Å². The summed E-state index contributed by atoms with van der Waals surface area (Å²) in [5.41, 5.74) is 1.16. The summed E-state index contributed by atoms with van der Waals surface area (Å²) in [6.07, 6.45) is 4.63. The molecule has 1 saturated heterocycles. The van der Waals surface area contributed by atoms with Gasteiger partial charge in [0.15, 0.2) is 0 Å². The molecule has 1 aromatic carbocycles. The van der Waals surface area contributed by atoms with Gasteiger partial charge in [-0.2, -0.15) is 0 Å². The van der Waals surface area contributed by atoms with Crippen LogP contribution in [0.25, 0.3) is 0 Å². The number of aryl methyl sites for hydroxylation is 1. The van der Waals surface area contributed by atoms with Crippen LogP contribution in [-0.2, 0) is 16.0 Å². The van der Waals surface area contributed by atoms with Crippen LogP contribution in [0.5, 0.6) is 5.75 Å². The molecule has 0 spiro atoms. The maximum Gasteiger partial charge on any atom is 0.222 e. The number of ether oxygens (including phenoxy) is 1. The van der Waals surface area contributed by atoms with Crippen molar-refractivity contribution in [1.82, 2.24) is 10.2 Å². The highest BCUT2D eigenvalue weighted by molar-refractivity contribution is 14.1. The Bertz CT molecular complexity index is 598. The fourth-order valence-electron chi connectivity index (χ4n) is 3.31. The van der Waals surface area contributed by atoms with Gasteiger partial charge in [0.25, 0.3) is 0 Å². The maximum absolute atomic E-state index is 12.5. The molecule has 0 unspecified atom stereocenters. The second-order valence-corrected chi connectivity index (χ2v) is 8.55. The maximum atomic E-state index is 12.5. The van der Waals surface area contributed by atoms with E-state index >= 15 is 0 Å². The van der Waals surface area contributed by atoms with Gasteiger partial charge in [-0.3, -0.25) is 9.59 Å². The van der Waals surface area contributed by atoms with Crippen LogP contribution in [0, 0.1) is 5.92 Å². The van der Waals surface area contributed by atoms with Gasteiger partial charge in [0.05, 0.1) is 10.7 Å². The number of likely N-dealkylation sites (tertiary alicyclic amines) is 1. The molecular formula is C21H31IN2O3. The average Bonchev–Trinajstić information content (AvgIpc) is 2.67. The summed E-state index contributed by atoms with van der Waals surface area (Å²) < 4.78 is 5.65. The van der Waals surface area contributed by atoms with Crippen molar-refractivity contribution in [3.05, 3.63) is 29.8 Å². The quantitative estimate of drug-likeness (QED) is 0.327. The second kappa shape index (κ2) is 11.5. The lowest BCUT2D eigenvalue weighted by molar-refractivity contribution is -0.132. The van der Waals surface area contributed by atoms with Crippen molar-refractivity contribution in [2.75, 3.05) is 19.7 Å². The minimum Gasteiger partial charge on any atom is -0.494 e. The van der Waals surface area contributed by atoms with Gasteiger partial charge < -0.3 is 15.0 Å². The van der Waals surface area contributed by atoms with Crippen LogP contribution in [0.15, 0.2) is 24.3 Å². The zero-order chi connectivity index (χ0) is 19.6. The van der Waals surface area contributed by atoms with E-state index in [1.54, 1.807) is 0 Å². The third kappa shape index (κ3) is 7.68. The number of nitrogens with one attached hydrogen (secondary N) is 1. The number of carbonyl (C=O) groups excluding carboxylic acids is 2. The second-order valence-electron chi connectivity index (χ2n) is 7.05. The van der Waals surface area contributed by atoms with Crippen molar-refractivity contribution in [1.29, 1.82) is 0 Å². The van der Waals surface area contributed by atoms with E-state index in [1.807, 2.05) is 36.1 Å². The lowest BCUT2D eigenvalue weighted by Gasteiger charge is -2.32. The molecule has 0 aromatic heterocycles. The summed E-state index contributed by atoms with van der Waals surface area (Å²) in [6.45, 7) is 6.22. The summed E-state index contributed by atoms with van der Waals surface area (Å²) >= 11 is 2.25. The van der Waals surface area contributed by atoms with Gasteiger partial charge in [0.2, 0.25) is 11.8 Å². The Kier molecular flexibility index (Phi) is 9.38. The van der Waals surface area contributed by atoms with Crippen LogP contribution in [0.1, 0.15) is 51.5 Å². The number of benzene rings is 1. The Morgan fingerprint density at radius 1 is 1.22 bits per heavy atom. The third-order valence-corrected chi connectivity index (χ3v) is 6.17. The smallest absolute Gasteiger partial charge is 0.222 e. The van der Waals surface area contributed by atoms with Crippen molar-refractivity contribution in [2.24, 2.45) is 5.92 Å². The molecular weight excluding hydrogens is 455 g/mol. The molecule has 0 aliphatic carbocycles. The Balaban J connectivity index is 1.69. The molecule has 2 rings (SSSR count). The zero-order valence-electron chi connectivity index (χ0n) is 16.4. The van der Waals surface area contributed by atoms with Gasteiger partial charge >= 0.3 is 0 Å². The summed E-state index contributed by atoms with van der Waals surface area (Å²) in [4.78, 5) is 26.4. The van der Waals surface area contributed by atoms with Gasteiger partial charge in [-0.05, 0) is 56.2 Å². The topological polar surface area (TPSA) is 58.6 Å². The highest BCUT2D eigenvalue weighted by atomic mass is 127. The molecule has 1 aliphatic heterocycles. The number of piperidine rings is 1. The van der Waals surface area contributed by atoms with Crippen molar-refractivity contribution in [2.45, 2.75) is 56.4 Å². The molecule has 1 aliphatic rings. The van der Waals surface area contributed by atoms with Crippen molar-refractivity contribution < 1.29 is 14.3 Å². The molecule has 1 aromatic rings. The number of halogens is 1. The van der Waals surface area contributed by atoms with Gasteiger partial charge in [0, 0.05) is 25.9 Å². The van der Waals surface area contributed by atoms with Crippen molar-refractivity contribution in [3.63, 3.8) is 0 Å². The number of hydrogen-bond acceptors (Lipinski definition) is 3. The van der Waals surface area contributed by atoms with Gasteiger partial charge in [0.1, 0.15) is 5.75 Å². The normalized spacial score (nSPS) is 16.0. The number of hydrogen-bond donors (Lipinski definition) is 1. The van der Waals surface area contributed by atoms with E-state index in [9.17, 15) is 9.59 Å². The lowest BCUT2D eigenvalue weighted by Crippen LogP contribution is -2.40. The Morgan fingerprint density at radius 2 is 1.89 bits per heavy atom. The van der Waals surface area contributed by atoms with E-state index in [-0.39, 0.29) is 15.9 Å². The van der Waals surface area contributed by atoms with E-state index in [0.29, 0.717) is 25.4 Å². The van der Waals surface area contributed by atoms with Crippen LogP contribution in [0.2, 0.25) is 0 Å². The molecule has 1 atom stereocenters. The Morgan fingerprint density at radius 3 is 2.48 bits per heavy atom. The number of amides is 2. The minimum absolute atomic E-state index is 0.136. The lowest BCUT2D eigenvalue weighted by atomic mass is 9.93. The molecule has 0 saturated carbocycles. The summed E-state index contributed by atoms with van der Waals surface area (Å²) in [5.74, 6) is 1.61. The molecule has 0 bridgehead atoms. The first kappa shape index (κ1) is 22.0. The molecule has 0 radical (unpaired) electrons. The van der Waals surface area contributed by atoms with Crippen molar-refractivity contribution in [3.8, 4) is 5.75 Å². The Labute approximate surface area is 176 Å². The van der Waals surface area contributed by atoms with Crippen molar-refractivity contribution >= 4 is 34.4 Å². The van der Waals surface area contributed by atoms with E-state index in [2.05, 4.69) is 34.8 Å². The molecule has 6 heteroatoms. The number of carbonyl (C=O) groups is 2. The van der Waals surface area contributed by atoms with E-state index in [1.165, 1.54) is 0 Å². The fraction of sp³-hybridized carbons (Fsp3) is 0.619. The predicted octanol–water partition coefficient (Wildman–Crippen LogP) is 3.93. The highest BCUT2D eigenvalue weighted by Gasteiger charge is 2.24. The van der Waals surface area contributed by atoms with Gasteiger partial charge in [-0.1, -0.05) is 41.6 Å². The standard InChI is InChI=1S/C21H31IN2O3/c1-3-19(22)23-20(25)15-17-11-13-24(14-12-17)21(26)10-7-16-5-8-18(9-6-16)27-4-2/h5-6,8-9,17,19H,3-4,7,10-15H2,1-2H3,(H,23,25)/t19-/m0/s1. The summed E-state index contributed by atoms with van der Waals surface area (Å²) in [6, 6.07) is 7.97. The zero-order valence-corrected chi connectivity index (χ0v) is 18.5. The number of alkyl halides is 1. The first-order valence-electron chi connectivity index (χ1n) is 9.94. The first-order chi connectivity index (χ1) is 13.0. The number of nitrogens with zero attached hydrogens (tertiary/aromatic N) is 1. The van der Waals surface area contributed by atoms with E-state index < -0.39 is 0 Å². The van der Waals surface area contributed by atoms with E-state index in [0.717, 1.165) is 50.1 Å². The fourth-order valence-corrected chi connectivity index (χ4v) is 3.66. The average molecular weight is 486 g/mol. The first-order valence-corrected chi connectivity index (χ1v) is 11.2. The van der Waals surface area contributed by atoms with Crippen LogP contribution < -0.4 is 10.1 Å². The van der Waals surface area contributed by atoms with E-state index in [4.69, 9.17) is 4.74 Å². The van der Waals surface area contributed by atoms with Gasteiger partial charge in [-0.15, -0.1) is 0 Å². The monoisotopic (exact) mass is 486 g/mol. The molecule has 1 N–H and O–H groups in total.